The van der Waals surface area contributed by atoms with Crippen molar-refractivity contribution in [1.29, 1.82) is 5.26 Å². The molecule has 0 saturated carbocycles. The first-order valence-corrected chi connectivity index (χ1v) is 9.64. The summed E-state index contributed by atoms with van der Waals surface area (Å²) in [5, 5.41) is 9.50. The summed E-state index contributed by atoms with van der Waals surface area (Å²) in [6, 6.07) is 7.02. The first kappa shape index (κ1) is 23.6. The van der Waals surface area contributed by atoms with Crippen molar-refractivity contribution in [1.82, 2.24) is 9.88 Å². The highest BCUT2D eigenvalue weighted by Crippen LogP contribution is 2.38. The number of nitriles is 1. The van der Waals surface area contributed by atoms with Gasteiger partial charge in [0.25, 0.3) is 0 Å². The van der Waals surface area contributed by atoms with Crippen molar-refractivity contribution in [2.24, 2.45) is 11.7 Å². The number of hydrogen-bond donors (Lipinski definition) is 1. The summed E-state index contributed by atoms with van der Waals surface area (Å²) in [5.41, 5.74) is 6.80. The standard InChI is InChI=1S/C21H22ClF3N4O/c1-13(2)11-17(27)20(30)29(10-9-26)19(21(23,24)25)15-5-3-14(4-6-15)18-8-7-16(22)12-28-18/h3-8,12-13,17,19H,10-11,27H2,1-2H3/t17-,19-/m0/s1. The average molecular weight is 439 g/mol. The Kier molecular flexibility index (Phi) is 7.82. The van der Waals surface area contributed by atoms with Crippen molar-refractivity contribution in [2.45, 2.75) is 38.5 Å². The van der Waals surface area contributed by atoms with Crippen molar-refractivity contribution >= 4 is 17.5 Å². The number of pyridine rings is 1. The lowest BCUT2D eigenvalue weighted by atomic mass is 9.98. The number of carbonyl (C=O) groups is 1. The molecule has 1 heterocycles. The van der Waals surface area contributed by atoms with Crippen molar-refractivity contribution < 1.29 is 18.0 Å². The Bertz CT molecular complexity index is 892. The second kappa shape index (κ2) is 9.92. The number of nitrogens with two attached hydrogens (primary N) is 1. The summed E-state index contributed by atoms with van der Waals surface area (Å²) >= 11 is 5.81. The van der Waals surface area contributed by atoms with Crippen LogP contribution in [-0.4, -0.2) is 34.6 Å². The molecule has 2 N–H and O–H groups in total. The molecule has 1 amide bonds. The van der Waals surface area contributed by atoms with Crippen LogP contribution in [-0.2, 0) is 4.79 Å². The fourth-order valence-corrected chi connectivity index (χ4v) is 3.23. The van der Waals surface area contributed by atoms with Gasteiger partial charge in [-0.2, -0.15) is 18.4 Å². The molecule has 0 spiro atoms. The maximum atomic E-state index is 14.0. The van der Waals surface area contributed by atoms with E-state index in [0.29, 0.717) is 21.2 Å². The third-order valence-corrected chi connectivity index (χ3v) is 4.66. The van der Waals surface area contributed by atoms with Crippen LogP contribution in [0.1, 0.15) is 31.9 Å². The quantitative estimate of drug-likeness (QED) is 0.633. The van der Waals surface area contributed by atoms with Crippen LogP contribution in [0, 0.1) is 17.2 Å². The molecule has 30 heavy (non-hydrogen) atoms. The Morgan fingerprint density at radius 2 is 1.87 bits per heavy atom. The molecule has 0 aliphatic heterocycles. The fraction of sp³-hybridized carbons (Fsp3) is 0.381. The van der Waals surface area contributed by atoms with Crippen LogP contribution in [0.15, 0.2) is 42.6 Å². The summed E-state index contributed by atoms with van der Waals surface area (Å²) in [4.78, 5) is 17.3. The van der Waals surface area contributed by atoms with Gasteiger partial charge in [0.05, 0.1) is 22.8 Å². The molecule has 160 valence electrons. The Hall–Kier alpha value is -2.63. The number of aromatic nitrogens is 1. The molecule has 0 fully saturated rings. The lowest BCUT2D eigenvalue weighted by Gasteiger charge is -2.33. The minimum atomic E-state index is -4.79. The first-order chi connectivity index (χ1) is 14.0. The lowest BCUT2D eigenvalue weighted by molar-refractivity contribution is -0.191. The molecule has 5 nitrogen and oxygen atoms in total. The van der Waals surface area contributed by atoms with Crippen LogP contribution in [0.3, 0.4) is 0 Å². The number of rotatable bonds is 7. The van der Waals surface area contributed by atoms with Crippen LogP contribution in [0.4, 0.5) is 13.2 Å². The molecule has 1 aromatic carbocycles. The zero-order valence-electron chi connectivity index (χ0n) is 16.5. The van der Waals surface area contributed by atoms with Crippen molar-refractivity contribution in [3.8, 4) is 17.3 Å². The number of benzene rings is 1. The number of alkyl halides is 3. The zero-order valence-corrected chi connectivity index (χ0v) is 17.3. The maximum Gasteiger partial charge on any atom is 0.413 e. The molecule has 2 aromatic rings. The highest BCUT2D eigenvalue weighted by atomic mass is 35.5. The molecule has 0 radical (unpaired) electrons. The fourth-order valence-electron chi connectivity index (χ4n) is 3.12. The van der Waals surface area contributed by atoms with Crippen LogP contribution in [0.2, 0.25) is 5.02 Å². The molecule has 9 heteroatoms. The average Bonchev–Trinajstić information content (AvgIpc) is 2.66. The van der Waals surface area contributed by atoms with E-state index >= 15 is 0 Å². The second-order valence-electron chi connectivity index (χ2n) is 7.29. The summed E-state index contributed by atoms with van der Waals surface area (Å²) in [6.07, 6.45) is -3.14. The van der Waals surface area contributed by atoms with Gasteiger partial charge in [0.2, 0.25) is 5.91 Å². The molecule has 1 aromatic heterocycles. The second-order valence-corrected chi connectivity index (χ2v) is 7.72. The number of amides is 1. The summed E-state index contributed by atoms with van der Waals surface area (Å²) in [7, 11) is 0. The third kappa shape index (κ3) is 5.94. The van der Waals surface area contributed by atoms with Gasteiger partial charge in [-0.05, 0) is 30.0 Å². The predicted octanol–water partition coefficient (Wildman–Crippen LogP) is 4.73. The smallest absolute Gasteiger partial charge is 0.320 e. The highest BCUT2D eigenvalue weighted by molar-refractivity contribution is 6.30. The molecule has 0 aliphatic carbocycles. The minimum absolute atomic E-state index is 0.0170. The monoisotopic (exact) mass is 438 g/mol. The van der Waals surface area contributed by atoms with E-state index < -0.39 is 30.7 Å². The Balaban J connectivity index is 2.41. The van der Waals surface area contributed by atoms with E-state index in [1.807, 2.05) is 13.8 Å². The summed E-state index contributed by atoms with van der Waals surface area (Å²) in [6.45, 7) is 2.90. The first-order valence-electron chi connectivity index (χ1n) is 9.26. The van der Waals surface area contributed by atoms with Crippen LogP contribution < -0.4 is 5.73 Å². The lowest BCUT2D eigenvalue weighted by Crippen LogP contribution is -2.49. The molecule has 2 rings (SSSR count). The van der Waals surface area contributed by atoms with Gasteiger partial charge in [-0.25, -0.2) is 0 Å². The molecule has 2 atom stereocenters. The van der Waals surface area contributed by atoms with Crippen molar-refractivity contribution in [3.05, 3.63) is 53.2 Å². The van der Waals surface area contributed by atoms with Gasteiger partial charge in [-0.3, -0.25) is 9.78 Å². The van der Waals surface area contributed by atoms with Crippen molar-refractivity contribution in [2.75, 3.05) is 6.54 Å². The Morgan fingerprint density at radius 1 is 1.23 bits per heavy atom. The molecular formula is C21H22ClF3N4O. The van der Waals surface area contributed by atoms with Crippen LogP contribution in [0.25, 0.3) is 11.3 Å². The van der Waals surface area contributed by atoms with Gasteiger partial charge in [0.15, 0.2) is 6.04 Å². The molecule has 0 unspecified atom stereocenters. The van der Waals surface area contributed by atoms with Crippen molar-refractivity contribution in [3.63, 3.8) is 0 Å². The minimum Gasteiger partial charge on any atom is -0.320 e. The van der Waals surface area contributed by atoms with Gasteiger partial charge in [0.1, 0.15) is 6.54 Å². The number of halogens is 4. The highest BCUT2D eigenvalue weighted by Gasteiger charge is 2.47. The van der Waals surface area contributed by atoms with E-state index in [2.05, 4.69) is 4.98 Å². The normalized spacial score (nSPS) is 13.6. The SMILES string of the molecule is CC(C)C[C@H](N)C(=O)N(CC#N)[C@@H](c1ccc(-c2ccc(Cl)cn2)cc1)C(F)(F)F. The summed E-state index contributed by atoms with van der Waals surface area (Å²) < 4.78 is 41.9. The maximum absolute atomic E-state index is 14.0. The largest absolute Gasteiger partial charge is 0.413 e. The van der Waals surface area contributed by atoms with E-state index in [4.69, 9.17) is 22.6 Å². The zero-order chi connectivity index (χ0) is 22.5. The number of hydrogen-bond acceptors (Lipinski definition) is 4. The molecule has 0 aliphatic rings. The van der Waals surface area contributed by atoms with Gasteiger partial charge in [0, 0.05) is 11.8 Å². The molecule has 0 bridgehead atoms. The Labute approximate surface area is 178 Å². The molecular weight excluding hydrogens is 417 g/mol. The van der Waals surface area contributed by atoms with Gasteiger partial charge in [-0.1, -0.05) is 49.7 Å². The number of carbonyl (C=O) groups excluding carboxylic acids is 1. The third-order valence-electron chi connectivity index (χ3n) is 4.44. The Morgan fingerprint density at radius 3 is 2.33 bits per heavy atom. The van der Waals surface area contributed by atoms with Gasteiger partial charge >= 0.3 is 6.18 Å². The van der Waals surface area contributed by atoms with E-state index in [1.54, 1.807) is 18.2 Å². The van der Waals surface area contributed by atoms with Crippen LogP contribution >= 0.6 is 11.6 Å². The van der Waals surface area contributed by atoms with E-state index in [-0.39, 0.29) is 17.9 Å². The van der Waals surface area contributed by atoms with E-state index in [1.165, 1.54) is 30.5 Å². The summed E-state index contributed by atoms with van der Waals surface area (Å²) in [5.74, 6) is -0.889. The van der Waals surface area contributed by atoms with E-state index in [9.17, 15) is 18.0 Å². The van der Waals surface area contributed by atoms with Crippen LogP contribution in [0.5, 0.6) is 0 Å². The molecule has 0 saturated heterocycles. The predicted molar refractivity (Wildman–Crippen MR) is 108 cm³/mol. The van der Waals surface area contributed by atoms with Gasteiger partial charge in [-0.15, -0.1) is 0 Å². The van der Waals surface area contributed by atoms with E-state index in [0.717, 1.165) is 0 Å². The topological polar surface area (TPSA) is 83.0 Å². The number of nitrogens with zero attached hydrogens (tertiary/aromatic N) is 3. The van der Waals surface area contributed by atoms with Gasteiger partial charge < -0.3 is 10.6 Å².